The van der Waals surface area contributed by atoms with Gasteiger partial charge in [-0.05, 0) is 30.7 Å². The summed E-state index contributed by atoms with van der Waals surface area (Å²) in [6, 6.07) is 7.41. The molecule has 0 saturated heterocycles. The molecule has 1 aromatic rings. The zero-order valence-electron chi connectivity index (χ0n) is 10.1. The summed E-state index contributed by atoms with van der Waals surface area (Å²) in [5.41, 5.74) is 0.945. The van der Waals surface area contributed by atoms with Crippen LogP contribution >= 0.6 is 0 Å². The smallest absolute Gasteiger partial charge is 0.243 e. The van der Waals surface area contributed by atoms with Crippen molar-refractivity contribution in [3.63, 3.8) is 0 Å². The Balaban J connectivity index is 2.53. The number of hydrogen-bond donors (Lipinski definition) is 1. The summed E-state index contributed by atoms with van der Waals surface area (Å²) in [7, 11) is 1.57. The monoisotopic (exact) mass is 235 g/mol. The number of amides is 1. The molecule has 0 spiro atoms. The first kappa shape index (κ1) is 13.3. The zero-order chi connectivity index (χ0) is 12.5. The Hall–Kier alpha value is -1.81. The van der Waals surface area contributed by atoms with E-state index in [2.05, 4.69) is 5.32 Å². The van der Waals surface area contributed by atoms with Crippen molar-refractivity contribution in [3.05, 3.63) is 35.9 Å². The second-order valence-electron chi connectivity index (χ2n) is 3.35. The van der Waals surface area contributed by atoms with Gasteiger partial charge in [0.05, 0.1) is 0 Å². The summed E-state index contributed by atoms with van der Waals surface area (Å²) in [6.07, 6.45) is 3.26. The minimum absolute atomic E-state index is 0.0905. The van der Waals surface area contributed by atoms with Crippen molar-refractivity contribution in [2.45, 2.75) is 6.92 Å². The van der Waals surface area contributed by atoms with E-state index in [9.17, 15) is 4.79 Å². The van der Waals surface area contributed by atoms with Gasteiger partial charge in [-0.1, -0.05) is 12.1 Å². The molecule has 0 aliphatic heterocycles. The SMILES string of the molecule is CCNC(=O)/C=C/c1ccc(OCOC)cc1. The molecular formula is C13H17NO3. The maximum Gasteiger partial charge on any atom is 0.243 e. The third-order valence-corrected chi connectivity index (χ3v) is 2.00. The van der Waals surface area contributed by atoms with Crippen LogP contribution in [0.15, 0.2) is 30.3 Å². The van der Waals surface area contributed by atoms with Crippen LogP contribution < -0.4 is 10.1 Å². The normalized spacial score (nSPS) is 10.5. The Morgan fingerprint density at radius 3 is 2.65 bits per heavy atom. The van der Waals surface area contributed by atoms with E-state index in [1.165, 1.54) is 6.08 Å². The van der Waals surface area contributed by atoms with Crippen LogP contribution in [0.1, 0.15) is 12.5 Å². The fourth-order valence-electron chi connectivity index (χ4n) is 1.21. The quantitative estimate of drug-likeness (QED) is 0.604. The molecule has 17 heavy (non-hydrogen) atoms. The topological polar surface area (TPSA) is 47.6 Å². The Morgan fingerprint density at radius 1 is 1.35 bits per heavy atom. The molecule has 0 bridgehead atoms. The molecular weight excluding hydrogens is 218 g/mol. The Bertz CT molecular complexity index is 371. The zero-order valence-corrected chi connectivity index (χ0v) is 10.1. The fourth-order valence-corrected chi connectivity index (χ4v) is 1.21. The van der Waals surface area contributed by atoms with Crippen LogP contribution in [0.5, 0.6) is 5.75 Å². The van der Waals surface area contributed by atoms with Crippen molar-refractivity contribution < 1.29 is 14.3 Å². The van der Waals surface area contributed by atoms with Gasteiger partial charge in [0, 0.05) is 19.7 Å². The van der Waals surface area contributed by atoms with Crippen molar-refractivity contribution in [1.82, 2.24) is 5.32 Å². The number of nitrogens with one attached hydrogen (secondary N) is 1. The number of benzene rings is 1. The van der Waals surface area contributed by atoms with Crippen LogP contribution in [0.4, 0.5) is 0 Å². The summed E-state index contributed by atoms with van der Waals surface area (Å²) in [6.45, 7) is 2.74. The third-order valence-electron chi connectivity index (χ3n) is 2.00. The summed E-state index contributed by atoms with van der Waals surface area (Å²) in [5, 5.41) is 2.69. The third kappa shape index (κ3) is 5.17. The molecule has 1 amide bonds. The fraction of sp³-hybridized carbons (Fsp3) is 0.308. The van der Waals surface area contributed by atoms with E-state index in [0.29, 0.717) is 6.54 Å². The predicted molar refractivity (Wildman–Crippen MR) is 66.7 cm³/mol. The molecule has 1 aromatic carbocycles. The molecule has 1 rings (SSSR count). The molecule has 4 heteroatoms. The first-order valence-electron chi connectivity index (χ1n) is 5.44. The summed E-state index contributed by atoms with van der Waals surface area (Å²) in [4.78, 5) is 11.2. The standard InChI is InChI=1S/C13H17NO3/c1-3-14-13(15)9-6-11-4-7-12(8-5-11)17-10-16-2/h4-9H,3,10H2,1-2H3,(H,14,15)/b9-6+. The van der Waals surface area contributed by atoms with Crippen molar-refractivity contribution in [1.29, 1.82) is 0 Å². The van der Waals surface area contributed by atoms with Crippen molar-refractivity contribution in [2.24, 2.45) is 0 Å². The highest BCUT2D eigenvalue weighted by Crippen LogP contribution is 2.12. The number of ether oxygens (including phenoxy) is 2. The van der Waals surface area contributed by atoms with E-state index >= 15 is 0 Å². The lowest BCUT2D eigenvalue weighted by Gasteiger charge is -2.04. The van der Waals surface area contributed by atoms with Crippen LogP contribution in [0, 0.1) is 0 Å². The second kappa shape index (κ2) is 7.46. The van der Waals surface area contributed by atoms with Crippen LogP contribution in [0.2, 0.25) is 0 Å². The van der Waals surface area contributed by atoms with Gasteiger partial charge in [0.25, 0.3) is 0 Å². The molecule has 0 aliphatic rings. The number of methoxy groups -OCH3 is 1. The number of carbonyl (C=O) groups is 1. The first-order valence-corrected chi connectivity index (χ1v) is 5.44. The Kier molecular flexibility index (Phi) is 5.82. The highest BCUT2D eigenvalue weighted by atomic mass is 16.7. The van der Waals surface area contributed by atoms with Crippen LogP contribution in [0.3, 0.4) is 0 Å². The van der Waals surface area contributed by atoms with Crippen molar-refractivity contribution >= 4 is 12.0 Å². The molecule has 0 unspecified atom stereocenters. The minimum Gasteiger partial charge on any atom is -0.468 e. The molecule has 0 saturated carbocycles. The molecule has 0 atom stereocenters. The van der Waals surface area contributed by atoms with Gasteiger partial charge < -0.3 is 14.8 Å². The van der Waals surface area contributed by atoms with E-state index in [4.69, 9.17) is 9.47 Å². The lowest BCUT2D eigenvalue weighted by molar-refractivity contribution is -0.116. The van der Waals surface area contributed by atoms with E-state index in [-0.39, 0.29) is 12.7 Å². The number of hydrogen-bond acceptors (Lipinski definition) is 3. The van der Waals surface area contributed by atoms with Gasteiger partial charge in [-0.15, -0.1) is 0 Å². The van der Waals surface area contributed by atoms with Gasteiger partial charge in [0.1, 0.15) is 5.75 Å². The van der Waals surface area contributed by atoms with E-state index in [1.807, 2.05) is 31.2 Å². The Labute approximate surface area is 101 Å². The highest BCUT2D eigenvalue weighted by molar-refractivity contribution is 5.91. The highest BCUT2D eigenvalue weighted by Gasteiger charge is 1.94. The van der Waals surface area contributed by atoms with E-state index < -0.39 is 0 Å². The molecule has 92 valence electrons. The van der Waals surface area contributed by atoms with Gasteiger partial charge >= 0.3 is 0 Å². The predicted octanol–water partition coefficient (Wildman–Crippen LogP) is 1.82. The van der Waals surface area contributed by atoms with E-state index in [0.717, 1.165) is 11.3 Å². The van der Waals surface area contributed by atoms with Gasteiger partial charge in [-0.3, -0.25) is 4.79 Å². The molecule has 0 heterocycles. The van der Waals surface area contributed by atoms with Gasteiger partial charge in [0.2, 0.25) is 5.91 Å². The van der Waals surface area contributed by atoms with Crippen molar-refractivity contribution in [3.8, 4) is 5.75 Å². The minimum atomic E-state index is -0.0905. The van der Waals surface area contributed by atoms with E-state index in [1.54, 1.807) is 13.2 Å². The number of rotatable bonds is 6. The van der Waals surface area contributed by atoms with Gasteiger partial charge in [-0.25, -0.2) is 0 Å². The van der Waals surface area contributed by atoms with Crippen LogP contribution in [-0.2, 0) is 9.53 Å². The molecule has 0 aliphatic carbocycles. The van der Waals surface area contributed by atoms with Gasteiger partial charge in [0.15, 0.2) is 6.79 Å². The molecule has 0 aromatic heterocycles. The molecule has 1 N–H and O–H groups in total. The first-order chi connectivity index (χ1) is 8.26. The second-order valence-corrected chi connectivity index (χ2v) is 3.35. The van der Waals surface area contributed by atoms with Crippen molar-refractivity contribution in [2.75, 3.05) is 20.4 Å². The Morgan fingerprint density at radius 2 is 2.06 bits per heavy atom. The van der Waals surface area contributed by atoms with Crippen LogP contribution in [-0.4, -0.2) is 26.4 Å². The summed E-state index contributed by atoms with van der Waals surface area (Å²) < 4.78 is 10.0. The number of likely N-dealkylation sites (N-methyl/N-ethyl adjacent to an activating group) is 1. The average molecular weight is 235 g/mol. The molecule has 0 radical (unpaired) electrons. The largest absolute Gasteiger partial charge is 0.468 e. The molecule has 0 fully saturated rings. The van der Waals surface area contributed by atoms with Gasteiger partial charge in [-0.2, -0.15) is 0 Å². The number of carbonyl (C=O) groups excluding carboxylic acids is 1. The lowest BCUT2D eigenvalue weighted by Crippen LogP contribution is -2.19. The maximum atomic E-state index is 11.2. The molecule has 4 nitrogen and oxygen atoms in total. The maximum absolute atomic E-state index is 11.2. The summed E-state index contributed by atoms with van der Waals surface area (Å²) >= 11 is 0. The average Bonchev–Trinajstić information content (AvgIpc) is 2.35. The lowest BCUT2D eigenvalue weighted by atomic mass is 10.2. The summed E-state index contributed by atoms with van der Waals surface area (Å²) in [5.74, 6) is 0.647. The van der Waals surface area contributed by atoms with Crippen LogP contribution in [0.25, 0.3) is 6.08 Å².